The van der Waals surface area contributed by atoms with Gasteiger partial charge in [0.05, 0.1) is 26.0 Å². The third kappa shape index (κ3) is 3.50. The van der Waals surface area contributed by atoms with E-state index in [0.717, 1.165) is 36.4 Å². The summed E-state index contributed by atoms with van der Waals surface area (Å²) >= 11 is 0. The Morgan fingerprint density at radius 1 is 0.828 bits per heavy atom. The molecule has 0 bridgehead atoms. The highest BCUT2D eigenvalue weighted by molar-refractivity contribution is 5.60. The smallest absolute Gasteiger partial charge is 0.154 e. The summed E-state index contributed by atoms with van der Waals surface area (Å²) in [6.07, 6.45) is 1.67. The van der Waals surface area contributed by atoms with Crippen LogP contribution in [-0.4, -0.2) is 20.3 Å². The number of ether oxygens (including phenoxy) is 3. The molecular weight excluding hydrogens is 362 g/mol. The van der Waals surface area contributed by atoms with E-state index in [9.17, 15) is 0 Å². The van der Waals surface area contributed by atoms with Gasteiger partial charge in [-0.25, -0.2) is 0 Å². The summed E-state index contributed by atoms with van der Waals surface area (Å²) in [4.78, 5) is 0. The van der Waals surface area contributed by atoms with Gasteiger partial charge in [0.2, 0.25) is 0 Å². The monoisotopic (exact) mass is 387 g/mol. The summed E-state index contributed by atoms with van der Waals surface area (Å²) in [5.41, 5.74) is 7.14. The van der Waals surface area contributed by atoms with Crippen molar-refractivity contribution in [2.75, 3.05) is 25.6 Å². The molecule has 0 saturated carbocycles. The van der Waals surface area contributed by atoms with Crippen molar-refractivity contribution in [3.63, 3.8) is 0 Å². The maximum absolute atomic E-state index is 6.13. The molecule has 2 atom stereocenters. The molecule has 2 aliphatic heterocycles. The fourth-order valence-corrected chi connectivity index (χ4v) is 4.31. The lowest BCUT2D eigenvalue weighted by atomic mass is 9.93. The number of anilines is 1. The van der Waals surface area contributed by atoms with Crippen LogP contribution >= 0.6 is 0 Å². The molecule has 0 radical (unpaired) electrons. The molecule has 4 nitrogen and oxygen atoms in total. The minimum absolute atomic E-state index is 0.0606. The molecule has 0 aliphatic carbocycles. The quantitative estimate of drug-likeness (QED) is 0.681. The SMILES string of the molecule is COc1cc(C2OCCc3ccccc32)ccc1NC1OCCc2ccccc21. The second-order valence-electron chi connectivity index (χ2n) is 7.50. The Hall–Kier alpha value is -2.82. The van der Waals surface area contributed by atoms with Crippen LogP contribution in [0.25, 0.3) is 0 Å². The van der Waals surface area contributed by atoms with Gasteiger partial charge in [0, 0.05) is 5.56 Å². The van der Waals surface area contributed by atoms with Gasteiger partial charge in [0.1, 0.15) is 11.9 Å². The van der Waals surface area contributed by atoms with Crippen molar-refractivity contribution in [2.24, 2.45) is 0 Å². The Morgan fingerprint density at radius 3 is 2.31 bits per heavy atom. The van der Waals surface area contributed by atoms with Gasteiger partial charge >= 0.3 is 0 Å². The fourth-order valence-electron chi connectivity index (χ4n) is 4.31. The number of hydrogen-bond donors (Lipinski definition) is 1. The molecule has 3 aromatic carbocycles. The van der Waals surface area contributed by atoms with Crippen LogP contribution in [0, 0.1) is 0 Å². The first kappa shape index (κ1) is 18.2. The van der Waals surface area contributed by atoms with Gasteiger partial charge in [-0.2, -0.15) is 0 Å². The number of nitrogens with one attached hydrogen (secondary N) is 1. The van der Waals surface area contributed by atoms with Gasteiger partial charge in [0.15, 0.2) is 6.23 Å². The van der Waals surface area contributed by atoms with Crippen LogP contribution in [0.2, 0.25) is 0 Å². The summed E-state index contributed by atoms with van der Waals surface area (Å²) in [7, 11) is 1.70. The van der Waals surface area contributed by atoms with Crippen molar-refractivity contribution in [3.05, 3.63) is 94.5 Å². The summed E-state index contributed by atoms with van der Waals surface area (Å²) in [5.74, 6) is 0.792. The van der Waals surface area contributed by atoms with Crippen molar-refractivity contribution < 1.29 is 14.2 Å². The average Bonchev–Trinajstić information content (AvgIpc) is 2.79. The summed E-state index contributed by atoms with van der Waals surface area (Å²) in [5, 5.41) is 3.52. The Morgan fingerprint density at radius 2 is 1.52 bits per heavy atom. The molecule has 2 aliphatic rings. The summed E-state index contributed by atoms with van der Waals surface area (Å²) < 4.78 is 17.9. The van der Waals surface area contributed by atoms with Gasteiger partial charge < -0.3 is 19.5 Å². The van der Waals surface area contributed by atoms with E-state index in [-0.39, 0.29) is 12.3 Å². The van der Waals surface area contributed by atoms with Gasteiger partial charge in [0.25, 0.3) is 0 Å². The van der Waals surface area contributed by atoms with Crippen molar-refractivity contribution >= 4 is 5.69 Å². The number of benzene rings is 3. The largest absolute Gasteiger partial charge is 0.495 e. The first-order chi connectivity index (χ1) is 14.3. The van der Waals surface area contributed by atoms with Crippen molar-refractivity contribution in [3.8, 4) is 5.75 Å². The predicted molar refractivity (Wildman–Crippen MR) is 113 cm³/mol. The van der Waals surface area contributed by atoms with Crippen LogP contribution in [0.15, 0.2) is 66.7 Å². The van der Waals surface area contributed by atoms with E-state index in [4.69, 9.17) is 14.2 Å². The van der Waals surface area contributed by atoms with Crippen molar-refractivity contribution in [1.29, 1.82) is 0 Å². The minimum Gasteiger partial charge on any atom is -0.495 e. The third-order valence-corrected chi connectivity index (χ3v) is 5.80. The lowest BCUT2D eigenvalue weighted by Crippen LogP contribution is -2.23. The fraction of sp³-hybridized carbons (Fsp3) is 0.280. The summed E-state index contributed by atoms with van der Waals surface area (Å²) in [6.45, 7) is 1.44. The molecule has 0 spiro atoms. The Kier molecular flexibility index (Phi) is 4.96. The molecule has 0 saturated heterocycles. The van der Waals surface area contributed by atoms with Gasteiger partial charge in [-0.05, 0) is 47.2 Å². The second kappa shape index (κ2) is 7.90. The van der Waals surface area contributed by atoms with Crippen LogP contribution in [0.5, 0.6) is 5.75 Å². The molecule has 0 aromatic heterocycles. The molecule has 1 N–H and O–H groups in total. The van der Waals surface area contributed by atoms with E-state index < -0.39 is 0 Å². The van der Waals surface area contributed by atoms with Crippen molar-refractivity contribution in [1.82, 2.24) is 0 Å². The number of rotatable bonds is 4. The van der Waals surface area contributed by atoms with E-state index in [1.807, 2.05) is 0 Å². The first-order valence-electron chi connectivity index (χ1n) is 10.2. The highest BCUT2D eigenvalue weighted by atomic mass is 16.5. The Labute approximate surface area is 171 Å². The molecule has 4 heteroatoms. The molecule has 148 valence electrons. The number of fused-ring (bicyclic) bond motifs is 2. The maximum atomic E-state index is 6.13. The van der Waals surface area contributed by atoms with Crippen LogP contribution < -0.4 is 10.1 Å². The zero-order valence-electron chi connectivity index (χ0n) is 16.6. The molecule has 0 amide bonds. The van der Waals surface area contributed by atoms with Crippen LogP contribution in [-0.2, 0) is 22.3 Å². The summed E-state index contributed by atoms with van der Waals surface area (Å²) in [6, 6.07) is 23.2. The molecule has 3 aromatic rings. The Bertz CT molecular complexity index is 1020. The van der Waals surface area contributed by atoms with Crippen LogP contribution in [0.1, 0.15) is 40.1 Å². The molecule has 2 heterocycles. The lowest BCUT2D eigenvalue weighted by Gasteiger charge is -2.29. The van der Waals surface area contributed by atoms with Gasteiger partial charge in [-0.3, -0.25) is 0 Å². The number of hydrogen-bond acceptors (Lipinski definition) is 4. The van der Waals surface area contributed by atoms with E-state index in [1.165, 1.54) is 22.3 Å². The highest BCUT2D eigenvalue weighted by Crippen LogP contribution is 2.38. The lowest BCUT2D eigenvalue weighted by molar-refractivity contribution is 0.0615. The topological polar surface area (TPSA) is 39.7 Å². The average molecular weight is 387 g/mol. The molecular formula is C25H25NO3. The Balaban J connectivity index is 1.44. The molecule has 29 heavy (non-hydrogen) atoms. The molecule has 5 rings (SSSR count). The normalized spacial score (nSPS) is 20.4. The minimum atomic E-state index is -0.175. The van der Waals surface area contributed by atoms with E-state index in [1.54, 1.807) is 7.11 Å². The zero-order valence-corrected chi connectivity index (χ0v) is 16.6. The first-order valence-corrected chi connectivity index (χ1v) is 10.2. The number of methoxy groups -OCH3 is 1. The zero-order chi connectivity index (χ0) is 19.6. The standard InChI is InChI=1S/C25H25NO3/c1-27-23-16-19(24-20-8-4-2-6-17(20)12-14-28-24)10-11-22(23)26-25-21-9-5-3-7-18(21)13-15-29-25/h2-11,16,24-26H,12-15H2,1H3. The van der Waals surface area contributed by atoms with Gasteiger partial charge in [-0.1, -0.05) is 54.6 Å². The van der Waals surface area contributed by atoms with Crippen molar-refractivity contribution in [2.45, 2.75) is 25.2 Å². The predicted octanol–water partition coefficient (Wildman–Crippen LogP) is 5.04. The second-order valence-corrected chi connectivity index (χ2v) is 7.50. The van der Waals surface area contributed by atoms with E-state index in [2.05, 4.69) is 72.0 Å². The molecule has 2 unspecified atom stereocenters. The van der Waals surface area contributed by atoms with Gasteiger partial charge in [-0.15, -0.1) is 0 Å². The van der Waals surface area contributed by atoms with E-state index in [0.29, 0.717) is 6.61 Å². The third-order valence-electron chi connectivity index (χ3n) is 5.80. The van der Waals surface area contributed by atoms with E-state index >= 15 is 0 Å². The van der Waals surface area contributed by atoms with Crippen LogP contribution in [0.4, 0.5) is 5.69 Å². The maximum Gasteiger partial charge on any atom is 0.154 e. The molecule has 0 fully saturated rings. The van der Waals surface area contributed by atoms with Crippen LogP contribution in [0.3, 0.4) is 0 Å². The highest BCUT2D eigenvalue weighted by Gasteiger charge is 2.25.